The fourth-order valence-corrected chi connectivity index (χ4v) is 28.9. The predicted molar refractivity (Wildman–Crippen MR) is 178 cm³/mol. The molecule has 6 aromatic rings. The molecule has 0 N–H and O–H groups in total. The summed E-state index contributed by atoms with van der Waals surface area (Å²) in [5, 5.41) is 0. The quantitative estimate of drug-likeness (QED) is 0.175. The summed E-state index contributed by atoms with van der Waals surface area (Å²) < 4.78 is 4.39. The van der Waals surface area contributed by atoms with Crippen LogP contribution < -0.4 is 10.7 Å². The molecule has 3 aliphatic rings. The van der Waals surface area contributed by atoms with Crippen LogP contribution in [0, 0.1) is 20.8 Å². The van der Waals surface area contributed by atoms with E-state index >= 15 is 0 Å². The Balaban J connectivity index is 1.74. The molecule has 1 heteroatoms. The van der Waals surface area contributed by atoms with Crippen LogP contribution in [0.1, 0.15) is 56.0 Å². The molecular weight excluding hydrogens is 611 g/mol. The SMILES string of the molecule is Cc1cccc[c]1[Sn]([c]1ccccc1C)([c]1ccccc1C)[C]12c3ccccc3C(c3ccccc31)c1ccccc12. The van der Waals surface area contributed by atoms with Crippen LogP contribution in [0.3, 0.4) is 0 Å². The third-order valence-electron chi connectivity index (χ3n) is 10.2. The van der Waals surface area contributed by atoms with Gasteiger partial charge in [0.2, 0.25) is 0 Å². The van der Waals surface area contributed by atoms with Crippen LogP contribution in [-0.2, 0) is 3.43 Å². The molecule has 6 aromatic carbocycles. The van der Waals surface area contributed by atoms with E-state index in [0.29, 0.717) is 0 Å². The van der Waals surface area contributed by atoms with Gasteiger partial charge in [-0.05, 0) is 0 Å². The van der Waals surface area contributed by atoms with Gasteiger partial charge in [0.05, 0.1) is 0 Å². The van der Waals surface area contributed by atoms with Crippen molar-refractivity contribution in [2.24, 2.45) is 0 Å². The molecule has 9 rings (SSSR count). The average Bonchev–Trinajstić information content (AvgIpc) is 3.03. The molecule has 0 aromatic heterocycles. The first-order valence-electron chi connectivity index (χ1n) is 15.1. The first-order chi connectivity index (χ1) is 20.6. The van der Waals surface area contributed by atoms with Crippen molar-refractivity contribution >= 4 is 29.1 Å². The monoisotopic (exact) mass is 646 g/mol. The third kappa shape index (κ3) is 3.14. The second kappa shape index (κ2) is 9.57. The summed E-state index contributed by atoms with van der Waals surface area (Å²) in [5.74, 6) is 0.255. The van der Waals surface area contributed by atoms with Gasteiger partial charge in [0.25, 0.3) is 0 Å². The molecule has 42 heavy (non-hydrogen) atoms. The van der Waals surface area contributed by atoms with Gasteiger partial charge in [-0.25, -0.2) is 0 Å². The average molecular weight is 645 g/mol. The van der Waals surface area contributed by atoms with Gasteiger partial charge in [-0.3, -0.25) is 0 Å². The van der Waals surface area contributed by atoms with E-state index in [0.717, 1.165) is 0 Å². The number of rotatable bonds is 4. The molecule has 0 saturated carbocycles. The second-order valence-electron chi connectivity index (χ2n) is 12.1. The Hall–Kier alpha value is -3.88. The normalized spacial score (nSPS) is 18.2. The minimum atomic E-state index is -4.28. The van der Waals surface area contributed by atoms with E-state index in [-0.39, 0.29) is 9.35 Å². The molecule has 0 nitrogen and oxygen atoms in total. The van der Waals surface area contributed by atoms with Crippen molar-refractivity contribution in [3.05, 3.63) is 196 Å². The Bertz CT molecular complexity index is 1770. The zero-order valence-corrected chi connectivity index (χ0v) is 27.3. The molecule has 0 spiro atoms. The van der Waals surface area contributed by atoms with Crippen molar-refractivity contribution in [3.8, 4) is 0 Å². The molecule has 0 amide bonds. The van der Waals surface area contributed by atoms with Gasteiger partial charge < -0.3 is 0 Å². The molecule has 0 unspecified atom stereocenters. The van der Waals surface area contributed by atoms with E-state index in [2.05, 4.69) is 166 Å². The van der Waals surface area contributed by atoms with E-state index in [1.165, 1.54) is 50.1 Å². The van der Waals surface area contributed by atoms with Crippen LogP contribution in [-0.4, -0.2) is 18.4 Å². The van der Waals surface area contributed by atoms with E-state index in [1.807, 2.05) is 0 Å². The summed E-state index contributed by atoms with van der Waals surface area (Å²) in [6.45, 7) is 7.06. The molecule has 202 valence electrons. The van der Waals surface area contributed by atoms with Crippen LogP contribution >= 0.6 is 0 Å². The molecule has 0 aliphatic heterocycles. The van der Waals surface area contributed by atoms with Crippen molar-refractivity contribution in [2.75, 3.05) is 0 Å². The summed E-state index contributed by atoms with van der Waals surface area (Å²) in [6, 6.07) is 56.4. The molecule has 0 atom stereocenters. The maximum absolute atomic E-state index is 4.28. The molecule has 0 fully saturated rings. The summed E-state index contributed by atoms with van der Waals surface area (Å²) in [5.41, 5.74) is 13.2. The Kier molecular flexibility index (Phi) is 5.88. The van der Waals surface area contributed by atoms with Gasteiger partial charge in [-0.1, -0.05) is 0 Å². The van der Waals surface area contributed by atoms with Crippen molar-refractivity contribution in [1.29, 1.82) is 0 Å². The number of benzene rings is 6. The van der Waals surface area contributed by atoms with Crippen molar-refractivity contribution in [1.82, 2.24) is 0 Å². The molecule has 0 saturated heterocycles. The van der Waals surface area contributed by atoms with Crippen LogP contribution in [0.15, 0.2) is 146 Å². The van der Waals surface area contributed by atoms with Crippen molar-refractivity contribution in [3.63, 3.8) is 0 Å². The summed E-state index contributed by atoms with van der Waals surface area (Å²) in [7, 11) is 0. The van der Waals surface area contributed by atoms with E-state index in [4.69, 9.17) is 0 Å². The van der Waals surface area contributed by atoms with Gasteiger partial charge in [-0.2, -0.15) is 0 Å². The topological polar surface area (TPSA) is 0 Å². The summed E-state index contributed by atoms with van der Waals surface area (Å²) in [4.78, 5) is 0. The van der Waals surface area contributed by atoms with Gasteiger partial charge >= 0.3 is 255 Å². The van der Waals surface area contributed by atoms with Gasteiger partial charge in [0.1, 0.15) is 0 Å². The Morgan fingerprint density at radius 2 is 0.667 bits per heavy atom. The van der Waals surface area contributed by atoms with Crippen LogP contribution in [0.4, 0.5) is 0 Å². The van der Waals surface area contributed by atoms with Gasteiger partial charge in [-0.15, -0.1) is 0 Å². The van der Waals surface area contributed by atoms with E-state index in [9.17, 15) is 0 Å². The Morgan fingerprint density at radius 1 is 0.381 bits per heavy atom. The third-order valence-corrected chi connectivity index (χ3v) is 27.5. The molecule has 2 bridgehead atoms. The van der Waals surface area contributed by atoms with E-state index in [1.54, 1.807) is 10.7 Å². The number of hydrogen-bond acceptors (Lipinski definition) is 0. The Morgan fingerprint density at radius 3 is 1.00 bits per heavy atom. The van der Waals surface area contributed by atoms with E-state index < -0.39 is 18.4 Å². The fraction of sp³-hybridized carbons (Fsp3) is 0.122. The van der Waals surface area contributed by atoms with Gasteiger partial charge in [0.15, 0.2) is 0 Å². The van der Waals surface area contributed by atoms with Gasteiger partial charge in [0, 0.05) is 0 Å². The molecular formula is C41H34Sn. The Labute approximate surface area is 253 Å². The molecule has 3 aliphatic carbocycles. The number of aryl methyl sites for hydroxylation is 3. The molecule has 0 radical (unpaired) electrons. The zero-order valence-electron chi connectivity index (χ0n) is 24.4. The summed E-state index contributed by atoms with van der Waals surface area (Å²) in [6.07, 6.45) is 0. The molecule has 0 heterocycles. The van der Waals surface area contributed by atoms with Crippen LogP contribution in [0.25, 0.3) is 0 Å². The minimum absolute atomic E-state index is 0.255. The van der Waals surface area contributed by atoms with Crippen LogP contribution in [0.2, 0.25) is 0 Å². The number of hydrogen-bond donors (Lipinski definition) is 0. The van der Waals surface area contributed by atoms with Crippen molar-refractivity contribution in [2.45, 2.75) is 30.1 Å². The zero-order chi connectivity index (χ0) is 28.5. The first kappa shape index (κ1) is 25.8. The summed E-state index contributed by atoms with van der Waals surface area (Å²) >= 11 is -4.28. The fourth-order valence-electron chi connectivity index (χ4n) is 8.84. The first-order valence-corrected chi connectivity index (χ1v) is 20.8. The van der Waals surface area contributed by atoms with Crippen LogP contribution in [0.5, 0.6) is 0 Å². The van der Waals surface area contributed by atoms with Crippen molar-refractivity contribution < 1.29 is 0 Å². The predicted octanol–water partition coefficient (Wildman–Crippen LogP) is 7.46. The maximum atomic E-state index is 2.49. The second-order valence-corrected chi connectivity index (χ2v) is 23.2. The standard InChI is InChI=1S/C20H13.3C7H7.Sn/c1-2-8-14-13(7-1)19-15-9-3-5-11-17(15)20(14)18-12-6-4-10-16(18)19;3*1-7-5-3-2-4-6-7;/h1-12,19H;3*2-5H,1H3;.